The van der Waals surface area contributed by atoms with Crippen molar-refractivity contribution in [2.45, 2.75) is 11.6 Å². The highest BCUT2D eigenvalue weighted by Crippen LogP contribution is 2.27. The van der Waals surface area contributed by atoms with Gasteiger partial charge in [-0.2, -0.15) is 5.10 Å². The number of thioether (sulfide) groups is 1. The molecule has 0 aliphatic carbocycles. The number of fused-ring (bicyclic) bond motifs is 1. The molecule has 2 aromatic heterocycles. The van der Waals surface area contributed by atoms with Gasteiger partial charge in [-0.3, -0.25) is 5.10 Å². The second-order valence-electron chi connectivity index (χ2n) is 4.16. The van der Waals surface area contributed by atoms with Crippen molar-refractivity contribution in [3.05, 3.63) is 42.0 Å². The van der Waals surface area contributed by atoms with Crippen molar-refractivity contribution >= 4 is 28.6 Å². The van der Waals surface area contributed by atoms with Crippen LogP contribution >= 0.6 is 11.8 Å². The van der Waals surface area contributed by atoms with Gasteiger partial charge in [0, 0.05) is 6.54 Å². The predicted molar refractivity (Wildman–Crippen MR) is 77.2 cm³/mol. The number of halogens is 1. The number of benzene rings is 1. The Morgan fingerprint density at radius 1 is 1.25 bits per heavy atom. The van der Waals surface area contributed by atoms with Gasteiger partial charge in [-0.15, -0.1) is 11.8 Å². The van der Waals surface area contributed by atoms with E-state index in [9.17, 15) is 4.39 Å². The number of H-pyrrole nitrogens is 1. The Morgan fingerprint density at radius 3 is 2.80 bits per heavy atom. The first-order chi connectivity index (χ1) is 9.78. The molecular weight excluding hydrogens is 277 g/mol. The van der Waals surface area contributed by atoms with Crippen LogP contribution in [0.15, 0.2) is 35.6 Å². The van der Waals surface area contributed by atoms with Crippen LogP contribution in [-0.2, 0) is 6.54 Å². The molecule has 20 heavy (non-hydrogen) atoms. The molecule has 0 fully saturated rings. The third-order valence-electron chi connectivity index (χ3n) is 2.89. The van der Waals surface area contributed by atoms with Crippen LogP contribution in [-0.4, -0.2) is 26.4 Å². The number of aromatic amines is 1. The molecule has 7 heteroatoms. The van der Waals surface area contributed by atoms with Gasteiger partial charge in [0.05, 0.1) is 5.39 Å². The summed E-state index contributed by atoms with van der Waals surface area (Å²) in [6.45, 7) is 0.561. The molecule has 0 aliphatic heterocycles. The van der Waals surface area contributed by atoms with E-state index in [1.807, 2.05) is 6.26 Å². The highest BCUT2D eigenvalue weighted by Gasteiger charge is 2.11. The van der Waals surface area contributed by atoms with Gasteiger partial charge in [-0.25, -0.2) is 14.4 Å². The first-order valence-electron chi connectivity index (χ1n) is 5.99. The lowest BCUT2D eigenvalue weighted by Gasteiger charge is -2.07. The summed E-state index contributed by atoms with van der Waals surface area (Å²) in [6, 6.07) is 6.37. The van der Waals surface area contributed by atoms with E-state index in [0.717, 1.165) is 21.8 Å². The lowest BCUT2D eigenvalue weighted by atomic mass is 10.2. The summed E-state index contributed by atoms with van der Waals surface area (Å²) in [5.74, 6) is 0.482. The van der Waals surface area contributed by atoms with Crippen molar-refractivity contribution in [3.63, 3.8) is 0 Å². The van der Waals surface area contributed by atoms with Crippen molar-refractivity contribution in [3.8, 4) is 0 Å². The Kier molecular flexibility index (Phi) is 3.51. The van der Waals surface area contributed by atoms with E-state index in [4.69, 9.17) is 0 Å². The van der Waals surface area contributed by atoms with Crippen LogP contribution in [0, 0.1) is 5.82 Å². The molecule has 2 N–H and O–H groups in total. The Labute approximate surface area is 119 Å². The predicted octanol–water partition coefficient (Wildman–Crippen LogP) is 2.83. The van der Waals surface area contributed by atoms with Gasteiger partial charge < -0.3 is 5.32 Å². The maximum absolute atomic E-state index is 12.9. The number of nitrogens with zero attached hydrogens (tertiary/aromatic N) is 3. The SMILES string of the molecule is CSc1n[nH]c2ncnc(NCc3ccc(F)cc3)c12. The molecule has 2 heterocycles. The Hall–Kier alpha value is -2.15. The minimum absolute atomic E-state index is 0.238. The highest BCUT2D eigenvalue weighted by molar-refractivity contribution is 7.98. The summed E-state index contributed by atoms with van der Waals surface area (Å²) in [6.07, 6.45) is 3.43. The molecule has 3 rings (SSSR count). The summed E-state index contributed by atoms with van der Waals surface area (Å²) in [5.41, 5.74) is 1.68. The largest absolute Gasteiger partial charge is 0.365 e. The minimum Gasteiger partial charge on any atom is -0.365 e. The Bertz CT molecular complexity index is 725. The second kappa shape index (κ2) is 5.46. The maximum Gasteiger partial charge on any atom is 0.161 e. The zero-order chi connectivity index (χ0) is 13.9. The summed E-state index contributed by atoms with van der Waals surface area (Å²) in [7, 11) is 0. The van der Waals surface area contributed by atoms with Crippen molar-refractivity contribution < 1.29 is 4.39 Å². The number of aromatic nitrogens is 4. The molecule has 0 unspecified atom stereocenters. The van der Waals surface area contributed by atoms with E-state index >= 15 is 0 Å². The fourth-order valence-electron chi connectivity index (χ4n) is 1.90. The zero-order valence-electron chi connectivity index (χ0n) is 10.7. The van der Waals surface area contributed by atoms with Crippen LogP contribution in [0.4, 0.5) is 10.2 Å². The van der Waals surface area contributed by atoms with E-state index in [1.165, 1.54) is 30.2 Å². The number of rotatable bonds is 4. The standard InChI is InChI=1S/C13H12FN5S/c1-20-13-10-11(16-7-17-12(10)18-19-13)15-6-8-2-4-9(14)5-3-8/h2-5,7H,6H2,1H3,(H2,15,16,17,18,19). The second-order valence-corrected chi connectivity index (χ2v) is 4.95. The topological polar surface area (TPSA) is 66.5 Å². The third kappa shape index (κ3) is 2.44. The monoisotopic (exact) mass is 289 g/mol. The van der Waals surface area contributed by atoms with E-state index in [0.29, 0.717) is 12.2 Å². The first kappa shape index (κ1) is 12.9. The molecule has 0 aliphatic rings. The quantitative estimate of drug-likeness (QED) is 0.723. The van der Waals surface area contributed by atoms with Crippen LogP contribution in [0.25, 0.3) is 11.0 Å². The molecule has 5 nitrogen and oxygen atoms in total. The van der Waals surface area contributed by atoms with Gasteiger partial charge in [0.25, 0.3) is 0 Å². The minimum atomic E-state index is -0.238. The molecule has 0 radical (unpaired) electrons. The Morgan fingerprint density at radius 2 is 2.05 bits per heavy atom. The molecule has 0 saturated carbocycles. The fraction of sp³-hybridized carbons (Fsp3) is 0.154. The Balaban J connectivity index is 1.87. The van der Waals surface area contributed by atoms with Gasteiger partial charge in [-0.1, -0.05) is 12.1 Å². The zero-order valence-corrected chi connectivity index (χ0v) is 11.5. The van der Waals surface area contributed by atoms with E-state index in [1.54, 1.807) is 12.1 Å². The van der Waals surface area contributed by atoms with Crippen LogP contribution < -0.4 is 5.32 Å². The normalized spacial score (nSPS) is 10.9. The van der Waals surface area contributed by atoms with Crippen LogP contribution in [0.3, 0.4) is 0 Å². The van der Waals surface area contributed by atoms with Crippen molar-refractivity contribution in [1.29, 1.82) is 0 Å². The molecule has 0 bridgehead atoms. The van der Waals surface area contributed by atoms with Gasteiger partial charge in [0.15, 0.2) is 5.65 Å². The van der Waals surface area contributed by atoms with Crippen LogP contribution in [0.5, 0.6) is 0 Å². The van der Waals surface area contributed by atoms with Crippen molar-refractivity contribution in [2.75, 3.05) is 11.6 Å². The van der Waals surface area contributed by atoms with E-state index < -0.39 is 0 Å². The summed E-state index contributed by atoms with van der Waals surface area (Å²) in [4.78, 5) is 8.40. The van der Waals surface area contributed by atoms with Gasteiger partial charge >= 0.3 is 0 Å². The summed E-state index contributed by atoms with van der Waals surface area (Å²) in [5, 5.41) is 12.0. The third-order valence-corrected chi connectivity index (χ3v) is 3.57. The number of anilines is 1. The average molecular weight is 289 g/mol. The van der Waals surface area contributed by atoms with Crippen LogP contribution in [0.2, 0.25) is 0 Å². The molecule has 0 amide bonds. The molecule has 0 spiro atoms. The number of hydrogen-bond donors (Lipinski definition) is 2. The summed E-state index contributed by atoms with van der Waals surface area (Å²) >= 11 is 1.53. The average Bonchev–Trinajstić information content (AvgIpc) is 2.90. The molecule has 3 aromatic rings. The molecule has 102 valence electrons. The molecule has 1 aromatic carbocycles. The fourth-order valence-corrected chi connectivity index (χ4v) is 2.44. The number of hydrogen-bond acceptors (Lipinski definition) is 5. The molecule has 0 saturated heterocycles. The molecule has 0 atom stereocenters. The lowest BCUT2D eigenvalue weighted by Crippen LogP contribution is -2.02. The van der Waals surface area contributed by atoms with Crippen molar-refractivity contribution in [1.82, 2.24) is 20.2 Å². The van der Waals surface area contributed by atoms with Crippen molar-refractivity contribution in [2.24, 2.45) is 0 Å². The van der Waals surface area contributed by atoms with Gasteiger partial charge in [-0.05, 0) is 24.0 Å². The number of nitrogens with one attached hydrogen (secondary N) is 2. The van der Waals surface area contributed by atoms with Gasteiger partial charge in [0.2, 0.25) is 0 Å². The smallest absolute Gasteiger partial charge is 0.161 e. The van der Waals surface area contributed by atoms with Crippen LogP contribution in [0.1, 0.15) is 5.56 Å². The van der Waals surface area contributed by atoms with E-state index in [-0.39, 0.29) is 5.82 Å². The highest BCUT2D eigenvalue weighted by atomic mass is 32.2. The van der Waals surface area contributed by atoms with Gasteiger partial charge in [0.1, 0.15) is 23.0 Å². The van der Waals surface area contributed by atoms with E-state index in [2.05, 4.69) is 25.5 Å². The molecular formula is C13H12FN5S. The summed E-state index contributed by atoms with van der Waals surface area (Å²) < 4.78 is 12.9. The lowest BCUT2D eigenvalue weighted by molar-refractivity contribution is 0.627. The maximum atomic E-state index is 12.9. The first-order valence-corrected chi connectivity index (χ1v) is 7.22.